The van der Waals surface area contributed by atoms with E-state index in [0.29, 0.717) is 11.4 Å². The first-order valence-corrected chi connectivity index (χ1v) is 9.42. The van der Waals surface area contributed by atoms with Crippen molar-refractivity contribution >= 4 is 17.3 Å². The highest BCUT2D eigenvalue weighted by Gasteiger charge is 2.23. The van der Waals surface area contributed by atoms with Crippen molar-refractivity contribution in [3.63, 3.8) is 0 Å². The Morgan fingerprint density at radius 2 is 1.86 bits per heavy atom. The summed E-state index contributed by atoms with van der Waals surface area (Å²) in [5, 5.41) is 15.6. The topological polar surface area (TPSA) is 90.5 Å². The fraction of sp³-hybridized carbons (Fsp3) is 0.238. The van der Waals surface area contributed by atoms with Crippen LogP contribution in [0.2, 0.25) is 0 Å². The fourth-order valence-corrected chi connectivity index (χ4v) is 3.42. The molecule has 29 heavy (non-hydrogen) atoms. The molecule has 0 saturated carbocycles. The van der Waals surface area contributed by atoms with E-state index in [9.17, 15) is 14.9 Å². The maximum Gasteiger partial charge on any atom is 0.340 e. The lowest BCUT2D eigenvalue weighted by atomic mass is 10.1. The van der Waals surface area contributed by atoms with E-state index in [2.05, 4.69) is 10.00 Å². The third-order valence-corrected chi connectivity index (χ3v) is 4.87. The number of carbonyl (C=O) groups is 1. The number of hydrogen-bond donors (Lipinski definition) is 0. The van der Waals surface area contributed by atoms with Crippen molar-refractivity contribution in [1.29, 1.82) is 0 Å². The van der Waals surface area contributed by atoms with E-state index >= 15 is 0 Å². The monoisotopic (exact) mass is 392 g/mol. The summed E-state index contributed by atoms with van der Waals surface area (Å²) in [5.74, 6) is -0.593. The summed E-state index contributed by atoms with van der Waals surface area (Å²) in [6.07, 6.45) is 3.85. The molecule has 1 saturated heterocycles. The van der Waals surface area contributed by atoms with E-state index in [-0.39, 0.29) is 17.9 Å². The van der Waals surface area contributed by atoms with E-state index in [1.54, 1.807) is 23.0 Å². The second-order valence-electron chi connectivity index (χ2n) is 6.82. The number of nitrogens with zero attached hydrogens (tertiary/aromatic N) is 4. The first kappa shape index (κ1) is 18.7. The molecule has 8 nitrogen and oxygen atoms in total. The quantitative estimate of drug-likeness (QED) is 0.361. The van der Waals surface area contributed by atoms with Crippen LogP contribution in [0.3, 0.4) is 0 Å². The molecule has 3 aromatic rings. The average Bonchev–Trinajstić information content (AvgIpc) is 3.44. The van der Waals surface area contributed by atoms with Crippen molar-refractivity contribution in [1.82, 2.24) is 9.78 Å². The normalized spacial score (nSPS) is 13.4. The molecule has 8 heteroatoms. The highest BCUT2D eigenvalue weighted by Crippen LogP contribution is 2.29. The molecule has 0 atom stereocenters. The van der Waals surface area contributed by atoms with E-state index in [1.807, 2.05) is 30.3 Å². The van der Waals surface area contributed by atoms with Crippen LogP contribution in [0.25, 0.3) is 5.69 Å². The van der Waals surface area contributed by atoms with Crippen LogP contribution in [0, 0.1) is 10.1 Å². The Morgan fingerprint density at radius 3 is 2.59 bits per heavy atom. The molecular formula is C21H20N4O4. The molecule has 0 bridgehead atoms. The molecule has 1 fully saturated rings. The number of esters is 1. The first-order valence-electron chi connectivity index (χ1n) is 9.42. The number of benzene rings is 2. The zero-order valence-electron chi connectivity index (χ0n) is 15.7. The van der Waals surface area contributed by atoms with Crippen molar-refractivity contribution < 1.29 is 14.5 Å². The van der Waals surface area contributed by atoms with Crippen LogP contribution in [0.15, 0.2) is 60.8 Å². The lowest BCUT2D eigenvalue weighted by molar-refractivity contribution is -0.384. The van der Waals surface area contributed by atoms with Crippen LogP contribution in [-0.2, 0) is 11.3 Å². The number of carbonyl (C=O) groups excluding carboxylic acids is 1. The predicted molar refractivity (Wildman–Crippen MR) is 107 cm³/mol. The Bertz CT molecular complexity index is 1030. The van der Waals surface area contributed by atoms with E-state index in [0.717, 1.165) is 31.6 Å². The van der Waals surface area contributed by atoms with E-state index in [1.165, 1.54) is 12.1 Å². The third kappa shape index (κ3) is 4.11. The van der Waals surface area contributed by atoms with Crippen LogP contribution in [0.4, 0.5) is 11.4 Å². The minimum absolute atomic E-state index is 0.0131. The van der Waals surface area contributed by atoms with Gasteiger partial charge < -0.3 is 9.64 Å². The standard InChI is InChI=1S/C21H20N4O4/c26-21(29-15-16-10-13-24(22-16)17-6-2-1-3-7-17)19-14-18(25(27)28)8-9-20(19)23-11-4-5-12-23/h1-3,6-10,13-14H,4-5,11-12,15H2. The van der Waals surface area contributed by atoms with Crippen molar-refractivity contribution in [2.75, 3.05) is 18.0 Å². The molecule has 0 N–H and O–H groups in total. The number of rotatable bonds is 6. The lowest BCUT2D eigenvalue weighted by Crippen LogP contribution is -2.21. The molecule has 1 aliphatic heterocycles. The molecule has 0 aliphatic carbocycles. The van der Waals surface area contributed by atoms with Gasteiger partial charge in [-0.3, -0.25) is 10.1 Å². The maximum absolute atomic E-state index is 12.7. The maximum atomic E-state index is 12.7. The van der Waals surface area contributed by atoms with Crippen LogP contribution >= 0.6 is 0 Å². The summed E-state index contributed by atoms with van der Waals surface area (Å²) < 4.78 is 7.13. The second kappa shape index (κ2) is 8.14. The number of aromatic nitrogens is 2. The molecule has 2 heterocycles. The molecule has 1 aliphatic rings. The molecule has 0 unspecified atom stereocenters. The largest absolute Gasteiger partial charge is 0.455 e. The number of para-hydroxylation sites is 1. The smallest absolute Gasteiger partial charge is 0.340 e. The second-order valence-corrected chi connectivity index (χ2v) is 6.82. The molecular weight excluding hydrogens is 372 g/mol. The molecule has 2 aromatic carbocycles. The zero-order valence-corrected chi connectivity index (χ0v) is 15.7. The molecule has 0 spiro atoms. The SMILES string of the molecule is O=C(OCc1ccn(-c2ccccc2)n1)c1cc([N+](=O)[O-])ccc1N1CCCC1. The van der Waals surface area contributed by atoms with E-state index in [4.69, 9.17) is 4.74 Å². The van der Waals surface area contributed by atoms with Gasteiger partial charge in [0, 0.05) is 31.4 Å². The van der Waals surface area contributed by atoms with Crippen molar-refractivity contribution in [3.8, 4) is 5.69 Å². The van der Waals surface area contributed by atoms with Gasteiger partial charge in [0.25, 0.3) is 5.69 Å². The minimum Gasteiger partial charge on any atom is -0.455 e. The fourth-order valence-electron chi connectivity index (χ4n) is 3.42. The molecule has 4 rings (SSSR count). The van der Waals surface area contributed by atoms with Crippen LogP contribution < -0.4 is 4.90 Å². The number of hydrogen-bond acceptors (Lipinski definition) is 6. The summed E-state index contributed by atoms with van der Waals surface area (Å²) in [6.45, 7) is 1.62. The van der Waals surface area contributed by atoms with Gasteiger partial charge >= 0.3 is 5.97 Å². The van der Waals surface area contributed by atoms with Gasteiger partial charge in [0.05, 0.1) is 21.9 Å². The summed E-state index contributed by atoms with van der Waals surface area (Å²) >= 11 is 0. The van der Waals surface area contributed by atoms with Gasteiger partial charge in [-0.25, -0.2) is 9.48 Å². The number of anilines is 1. The highest BCUT2D eigenvalue weighted by molar-refractivity contribution is 5.96. The van der Waals surface area contributed by atoms with Gasteiger partial charge in [0.2, 0.25) is 0 Å². The summed E-state index contributed by atoms with van der Waals surface area (Å²) in [5.41, 5.74) is 2.25. The Hall–Kier alpha value is -3.68. The molecule has 1 aromatic heterocycles. The lowest BCUT2D eigenvalue weighted by Gasteiger charge is -2.20. The Labute approximate surface area is 167 Å². The summed E-state index contributed by atoms with van der Waals surface area (Å²) in [7, 11) is 0. The predicted octanol–water partition coefficient (Wildman–Crippen LogP) is 3.74. The zero-order chi connectivity index (χ0) is 20.2. The van der Waals surface area contributed by atoms with Crippen molar-refractivity contribution in [2.45, 2.75) is 19.4 Å². The number of nitro groups is 1. The third-order valence-electron chi connectivity index (χ3n) is 4.87. The number of non-ortho nitro benzene ring substituents is 1. The van der Waals surface area contributed by atoms with Crippen molar-refractivity contribution in [3.05, 3.63) is 82.2 Å². The number of ether oxygens (including phenoxy) is 1. The number of nitro benzene ring substituents is 1. The van der Waals surface area contributed by atoms with Gasteiger partial charge in [-0.15, -0.1) is 0 Å². The molecule has 0 radical (unpaired) electrons. The van der Waals surface area contributed by atoms with Crippen LogP contribution in [-0.4, -0.2) is 33.8 Å². The van der Waals surface area contributed by atoms with Crippen LogP contribution in [0.5, 0.6) is 0 Å². The molecule has 0 amide bonds. The highest BCUT2D eigenvalue weighted by atomic mass is 16.6. The van der Waals surface area contributed by atoms with Crippen molar-refractivity contribution in [2.24, 2.45) is 0 Å². The Kier molecular flexibility index (Phi) is 5.24. The van der Waals surface area contributed by atoms with Gasteiger partial charge in [-0.2, -0.15) is 5.10 Å². The van der Waals surface area contributed by atoms with Crippen LogP contribution in [0.1, 0.15) is 28.9 Å². The van der Waals surface area contributed by atoms with Gasteiger partial charge in [-0.05, 0) is 37.1 Å². The van der Waals surface area contributed by atoms with E-state index < -0.39 is 10.9 Å². The van der Waals surface area contributed by atoms with Gasteiger partial charge in [-0.1, -0.05) is 18.2 Å². The van der Waals surface area contributed by atoms with Gasteiger partial charge in [0.15, 0.2) is 0 Å². The first-order chi connectivity index (χ1) is 14.1. The summed E-state index contributed by atoms with van der Waals surface area (Å²) in [6, 6.07) is 15.7. The Balaban J connectivity index is 1.51. The average molecular weight is 392 g/mol. The minimum atomic E-state index is -0.593. The summed E-state index contributed by atoms with van der Waals surface area (Å²) in [4.78, 5) is 25.4. The van der Waals surface area contributed by atoms with Gasteiger partial charge in [0.1, 0.15) is 12.3 Å². The Morgan fingerprint density at radius 1 is 1.10 bits per heavy atom. The molecule has 148 valence electrons.